The lowest BCUT2D eigenvalue weighted by Gasteiger charge is -2.09. The van der Waals surface area contributed by atoms with Crippen LogP contribution in [-0.2, 0) is 0 Å². The fraction of sp³-hybridized carbons (Fsp3) is 0.333. The predicted molar refractivity (Wildman–Crippen MR) is 61.5 cm³/mol. The molecule has 0 saturated heterocycles. The summed E-state index contributed by atoms with van der Waals surface area (Å²) in [5.74, 6) is 7.19. The molecule has 0 radical (unpaired) electrons. The SMILES string of the molecule is CC#CCNc1ccc(OC)c(OC)c1. The van der Waals surface area contributed by atoms with Crippen molar-refractivity contribution in [3.05, 3.63) is 18.2 Å². The first-order valence-electron chi connectivity index (χ1n) is 4.67. The van der Waals surface area contributed by atoms with Crippen molar-refractivity contribution in [2.24, 2.45) is 0 Å². The minimum Gasteiger partial charge on any atom is -0.493 e. The van der Waals surface area contributed by atoms with Crippen LogP contribution in [0.5, 0.6) is 11.5 Å². The molecule has 1 N–H and O–H groups in total. The number of ether oxygens (including phenoxy) is 2. The maximum Gasteiger partial charge on any atom is 0.162 e. The van der Waals surface area contributed by atoms with Gasteiger partial charge < -0.3 is 14.8 Å². The number of hydrogen-bond acceptors (Lipinski definition) is 3. The molecule has 3 heteroatoms. The van der Waals surface area contributed by atoms with Crippen LogP contribution >= 0.6 is 0 Å². The Kier molecular flexibility index (Phi) is 4.36. The van der Waals surface area contributed by atoms with Crippen molar-refractivity contribution >= 4 is 5.69 Å². The van der Waals surface area contributed by atoms with Gasteiger partial charge in [0.1, 0.15) is 0 Å². The van der Waals surface area contributed by atoms with Crippen molar-refractivity contribution in [3.63, 3.8) is 0 Å². The number of methoxy groups -OCH3 is 2. The molecule has 0 bridgehead atoms. The number of benzene rings is 1. The lowest BCUT2D eigenvalue weighted by molar-refractivity contribution is 0.355. The zero-order valence-electron chi connectivity index (χ0n) is 9.26. The summed E-state index contributed by atoms with van der Waals surface area (Å²) >= 11 is 0. The molecule has 0 heterocycles. The van der Waals surface area contributed by atoms with Gasteiger partial charge in [-0.3, -0.25) is 0 Å². The first kappa shape index (κ1) is 11.3. The molecule has 0 aromatic heterocycles. The standard InChI is InChI=1S/C12H15NO2/c1-4-5-8-13-10-6-7-11(14-2)12(9-10)15-3/h6-7,9,13H,8H2,1-3H3. The Balaban J connectivity index is 2.77. The van der Waals surface area contributed by atoms with Gasteiger partial charge in [-0.2, -0.15) is 0 Å². The Bertz CT molecular complexity index is 377. The van der Waals surface area contributed by atoms with Crippen molar-refractivity contribution < 1.29 is 9.47 Å². The third kappa shape index (κ3) is 3.10. The molecular formula is C12H15NO2. The normalized spacial score (nSPS) is 8.73. The fourth-order valence-electron chi connectivity index (χ4n) is 1.18. The highest BCUT2D eigenvalue weighted by molar-refractivity contribution is 5.55. The van der Waals surface area contributed by atoms with Crippen LogP contribution in [0, 0.1) is 11.8 Å². The second-order valence-corrected chi connectivity index (χ2v) is 2.85. The third-order valence-corrected chi connectivity index (χ3v) is 1.94. The van der Waals surface area contributed by atoms with Crippen molar-refractivity contribution in [1.29, 1.82) is 0 Å². The Morgan fingerprint density at radius 2 is 1.93 bits per heavy atom. The molecule has 1 rings (SSSR count). The van der Waals surface area contributed by atoms with E-state index in [-0.39, 0.29) is 0 Å². The van der Waals surface area contributed by atoms with Gasteiger partial charge in [0.05, 0.1) is 20.8 Å². The maximum atomic E-state index is 5.18. The van der Waals surface area contributed by atoms with Gasteiger partial charge in [0.2, 0.25) is 0 Å². The molecule has 0 aliphatic heterocycles. The van der Waals surface area contributed by atoms with E-state index < -0.39 is 0 Å². The number of hydrogen-bond donors (Lipinski definition) is 1. The van der Waals surface area contributed by atoms with E-state index in [0.717, 1.165) is 11.4 Å². The smallest absolute Gasteiger partial charge is 0.162 e. The summed E-state index contributed by atoms with van der Waals surface area (Å²) in [6.07, 6.45) is 0. The monoisotopic (exact) mass is 205 g/mol. The van der Waals surface area contributed by atoms with E-state index in [1.807, 2.05) is 25.1 Å². The van der Waals surface area contributed by atoms with Gasteiger partial charge in [-0.1, -0.05) is 5.92 Å². The van der Waals surface area contributed by atoms with Crippen molar-refractivity contribution in [1.82, 2.24) is 0 Å². The Labute approximate surface area is 90.4 Å². The lowest BCUT2D eigenvalue weighted by Crippen LogP contribution is -1.99. The van der Waals surface area contributed by atoms with E-state index in [2.05, 4.69) is 17.2 Å². The second kappa shape index (κ2) is 5.82. The van der Waals surface area contributed by atoms with Crippen LogP contribution in [0.3, 0.4) is 0 Å². The largest absolute Gasteiger partial charge is 0.493 e. The molecular weight excluding hydrogens is 190 g/mol. The van der Waals surface area contributed by atoms with Gasteiger partial charge in [0, 0.05) is 11.8 Å². The predicted octanol–water partition coefficient (Wildman–Crippen LogP) is 2.14. The molecule has 0 fully saturated rings. The van der Waals surface area contributed by atoms with Gasteiger partial charge >= 0.3 is 0 Å². The highest BCUT2D eigenvalue weighted by Gasteiger charge is 2.03. The van der Waals surface area contributed by atoms with Gasteiger partial charge in [-0.25, -0.2) is 0 Å². The molecule has 0 unspecified atom stereocenters. The Hall–Kier alpha value is -1.82. The van der Waals surface area contributed by atoms with Crippen molar-refractivity contribution in [2.45, 2.75) is 6.92 Å². The van der Waals surface area contributed by atoms with Gasteiger partial charge in [0.25, 0.3) is 0 Å². The van der Waals surface area contributed by atoms with E-state index in [1.165, 1.54) is 0 Å². The maximum absolute atomic E-state index is 5.18. The summed E-state index contributed by atoms with van der Waals surface area (Å²) in [6, 6.07) is 5.68. The van der Waals surface area contributed by atoms with E-state index in [4.69, 9.17) is 9.47 Å². The zero-order chi connectivity index (χ0) is 11.1. The van der Waals surface area contributed by atoms with Crippen LogP contribution in [0.15, 0.2) is 18.2 Å². The van der Waals surface area contributed by atoms with Crippen LogP contribution in [0.2, 0.25) is 0 Å². The molecule has 15 heavy (non-hydrogen) atoms. The molecule has 80 valence electrons. The summed E-state index contributed by atoms with van der Waals surface area (Å²) in [7, 11) is 3.24. The van der Waals surface area contributed by atoms with Crippen LogP contribution in [0.25, 0.3) is 0 Å². The minimum atomic E-state index is 0.631. The Morgan fingerprint density at radius 3 is 2.53 bits per heavy atom. The average Bonchev–Trinajstić information content (AvgIpc) is 2.29. The third-order valence-electron chi connectivity index (χ3n) is 1.94. The fourth-order valence-corrected chi connectivity index (χ4v) is 1.18. The van der Waals surface area contributed by atoms with Crippen molar-refractivity contribution in [3.8, 4) is 23.3 Å². The molecule has 0 saturated carbocycles. The van der Waals surface area contributed by atoms with Crippen LogP contribution < -0.4 is 14.8 Å². The summed E-state index contributed by atoms with van der Waals surface area (Å²) in [4.78, 5) is 0. The van der Waals surface area contributed by atoms with E-state index in [0.29, 0.717) is 12.3 Å². The highest BCUT2D eigenvalue weighted by atomic mass is 16.5. The molecule has 0 atom stereocenters. The highest BCUT2D eigenvalue weighted by Crippen LogP contribution is 2.29. The Morgan fingerprint density at radius 1 is 1.20 bits per heavy atom. The number of anilines is 1. The number of rotatable bonds is 4. The van der Waals surface area contributed by atoms with E-state index in [1.54, 1.807) is 14.2 Å². The van der Waals surface area contributed by atoms with Crippen LogP contribution in [-0.4, -0.2) is 20.8 Å². The molecule has 1 aromatic carbocycles. The van der Waals surface area contributed by atoms with Gasteiger partial charge in [0.15, 0.2) is 11.5 Å². The van der Waals surface area contributed by atoms with E-state index >= 15 is 0 Å². The van der Waals surface area contributed by atoms with Crippen molar-refractivity contribution in [2.75, 3.05) is 26.1 Å². The summed E-state index contributed by atoms with van der Waals surface area (Å²) in [5.41, 5.74) is 0.968. The summed E-state index contributed by atoms with van der Waals surface area (Å²) in [6.45, 7) is 2.45. The minimum absolute atomic E-state index is 0.631. The molecule has 0 spiro atoms. The van der Waals surface area contributed by atoms with E-state index in [9.17, 15) is 0 Å². The lowest BCUT2D eigenvalue weighted by atomic mass is 10.2. The van der Waals surface area contributed by atoms with Crippen LogP contribution in [0.4, 0.5) is 5.69 Å². The first-order chi connectivity index (χ1) is 7.31. The molecule has 0 amide bonds. The number of nitrogens with one attached hydrogen (secondary N) is 1. The zero-order valence-corrected chi connectivity index (χ0v) is 9.26. The average molecular weight is 205 g/mol. The van der Waals surface area contributed by atoms with Gasteiger partial charge in [-0.05, 0) is 19.1 Å². The second-order valence-electron chi connectivity index (χ2n) is 2.85. The first-order valence-corrected chi connectivity index (χ1v) is 4.67. The van der Waals surface area contributed by atoms with Gasteiger partial charge in [-0.15, -0.1) is 5.92 Å². The molecule has 1 aromatic rings. The molecule has 0 aliphatic rings. The van der Waals surface area contributed by atoms with Crippen LogP contribution in [0.1, 0.15) is 6.92 Å². The molecule has 0 aliphatic carbocycles. The molecule has 3 nitrogen and oxygen atoms in total. The quantitative estimate of drug-likeness (QED) is 0.764. The summed E-state index contributed by atoms with van der Waals surface area (Å²) in [5, 5.41) is 3.16. The topological polar surface area (TPSA) is 30.5 Å². The summed E-state index contributed by atoms with van der Waals surface area (Å²) < 4.78 is 10.3.